The van der Waals surface area contributed by atoms with E-state index in [1.54, 1.807) is 0 Å². The average Bonchev–Trinajstić information content (AvgIpc) is 2.36. The van der Waals surface area contributed by atoms with E-state index in [1.165, 1.54) is 0 Å². The molecule has 4 heteroatoms. The highest BCUT2D eigenvalue weighted by atomic mass is 19.1. The van der Waals surface area contributed by atoms with Crippen molar-refractivity contribution in [1.82, 2.24) is 0 Å². The molecule has 0 unspecified atom stereocenters. The summed E-state index contributed by atoms with van der Waals surface area (Å²) >= 11 is 0. The number of aldehydes is 1. The molecule has 1 heterocycles. The van der Waals surface area contributed by atoms with E-state index in [9.17, 15) is 13.6 Å². The minimum atomic E-state index is -0.578. The van der Waals surface area contributed by atoms with Gasteiger partial charge in [0, 0.05) is 5.56 Å². The average molecular weight is 228 g/mol. The van der Waals surface area contributed by atoms with Gasteiger partial charge in [0.2, 0.25) is 0 Å². The number of benzene rings is 1. The molecule has 0 saturated heterocycles. The number of carbonyl (C=O) groups excluding carboxylic acids is 1. The highest BCUT2D eigenvalue weighted by Crippen LogP contribution is 2.31. The summed E-state index contributed by atoms with van der Waals surface area (Å²) in [6.45, 7) is 4.12. The summed E-state index contributed by atoms with van der Waals surface area (Å²) < 4.78 is 31.3. The van der Waals surface area contributed by atoms with E-state index in [2.05, 4.69) is 0 Å². The summed E-state index contributed by atoms with van der Waals surface area (Å²) in [4.78, 5) is 10.5. The van der Waals surface area contributed by atoms with E-state index in [0.717, 1.165) is 12.1 Å². The van der Waals surface area contributed by atoms with E-state index in [1.807, 2.05) is 13.8 Å². The number of fused-ring (bicyclic) bond motifs is 1. The van der Waals surface area contributed by atoms with Crippen LogP contribution in [0.2, 0.25) is 0 Å². The normalized spacial score (nSPS) is 17.6. The maximum Gasteiger partial charge on any atom is 0.165 e. The lowest BCUT2D eigenvalue weighted by Gasteiger charge is -2.22. The molecule has 0 radical (unpaired) electrons. The van der Waals surface area contributed by atoms with Crippen molar-refractivity contribution in [2.75, 3.05) is 6.61 Å². The molecular weight excluding hydrogens is 214 g/mol. The van der Waals surface area contributed by atoms with Crippen LogP contribution in [0.25, 0.3) is 0 Å². The van der Waals surface area contributed by atoms with Gasteiger partial charge in [0.1, 0.15) is 12.1 Å². The third-order valence-electron chi connectivity index (χ3n) is 2.26. The quantitative estimate of drug-likeness (QED) is 0.691. The van der Waals surface area contributed by atoms with Crippen molar-refractivity contribution >= 4 is 6.29 Å². The van der Waals surface area contributed by atoms with Crippen LogP contribution in [0.5, 0.6) is 5.75 Å². The van der Waals surface area contributed by atoms with Gasteiger partial charge in [-0.1, -0.05) is 13.8 Å². The molecule has 1 aliphatic rings. The van der Waals surface area contributed by atoms with Crippen LogP contribution in [0.1, 0.15) is 19.4 Å². The van der Waals surface area contributed by atoms with Gasteiger partial charge in [-0.05, 0) is 18.6 Å². The van der Waals surface area contributed by atoms with Crippen molar-refractivity contribution in [3.63, 3.8) is 0 Å². The first-order valence-corrected chi connectivity index (χ1v) is 5.27. The predicted octanol–water partition coefficient (Wildman–Crippen LogP) is 2.74. The molecule has 1 aromatic rings. The molecule has 2 nitrogen and oxygen atoms in total. The standard InChI is InChI=1S/C10H8F2O2.C2H6/c11-8-1-2-9(12)10-7(8)3-6(4-13)5-14-10;1-2/h1-2,4,6H,3,5H2;1-2H3/t6-;/m1./s1. The van der Waals surface area contributed by atoms with Gasteiger partial charge in [0.05, 0.1) is 12.5 Å². The van der Waals surface area contributed by atoms with Gasteiger partial charge in [-0.2, -0.15) is 0 Å². The Hall–Kier alpha value is -1.45. The zero-order chi connectivity index (χ0) is 12.1. The molecular formula is C12H14F2O2. The highest BCUT2D eigenvalue weighted by Gasteiger charge is 2.24. The largest absolute Gasteiger partial charge is 0.489 e. The van der Waals surface area contributed by atoms with E-state index < -0.39 is 11.6 Å². The highest BCUT2D eigenvalue weighted by molar-refractivity contribution is 5.56. The van der Waals surface area contributed by atoms with Crippen LogP contribution >= 0.6 is 0 Å². The fraction of sp³-hybridized carbons (Fsp3) is 0.417. The molecule has 0 spiro atoms. The maximum absolute atomic E-state index is 13.2. The molecule has 0 fully saturated rings. The van der Waals surface area contributed by atoms with E-state index in [0.29, 0.717) is 6.29 Å². The summed E-state index contributed by atoms with van der Waals surface area (Å²) in [6.07, 6.45) is 0.912. The topological polar surface area (TPSA) is 26.3 Å². The van der Waals surface area contributed by atoms with Gasteiger partial charge in [-0.3, -0.25) is 0 Å². The molecule has 0 saturated carbocycles. The Balaban J connectivity index is 0.000000606. The second kappa shape index (κ2) is 5.58. The Morgan fingerprint density at radius 3 is 2.56 bits per heavy atom. The third kappa shape index (κ3) is 2.38. The van der Waals surface area contributed by atoms with E-state index in [4.69, 9.17) is 4.74 Å². The molecule has 0 amide bonds. The molecule has 0 aromatic heterocycles. The lowest BCUT2D eigenvalue weighted by Crippen LogP contribution is -2.23. The smallest absolute Gasteiger partial charge is 0.165 e. The number of hydrogen-bond acceptors (Lipinski definition) is 2. The van der Waals surface area contributed by atoms with Crippen molar-refractivity contribution in [1.29, 1.82) is 0 Å². The second-order valence-corrected chi connectivity index (χ2v) is 3.25. The Labute approximate surface area is 93.2 Å². The van der Waals surface area contributed by atoms with Crippen molar-refractivity contribution in [2.24, 2.45) is 5.92 Å². The number of carbonyl (C=O) groups is 1. The Bertz CT molecular complexity index is 378. The number of rotatable bonds is 1. The van der Waals surface area contributed by atoms with Gasteiger partial charge in [0.25, 0.3) is 0 Å². The second-order valence-electron chi connectivity index (χ2n) is 3.25. The fourth-order valence-electron chi connectivity index (χ4n) is 1.52. The monoisotopic (exact) mass is 228 g/mol. The first kappa shape index (κ1) is 12.6. The Kier molecular flexibility index (Phi) is 4.40. The van der Waals surface area contributed by atoms with Crippen LogP contribution < -0.4 is 4.74 Å². The van der Waals surface area contributed by atoms with Crippen LogP contribution in [0, 0.1) is 17.6 Å². The van der Waals surface area contributed by atoms with Gasteiger partial charge in [0.15, 0.2) is 11.6 Å². The summed E-state index contributed by atoms with van der Waals surface area (Å²) in [5.74, 6) is -1.53. The first-order chi connectivity index (χ1) is 7.72. The molecule has 0 aliphatic carbocycles. The van der Waals surface area contributed by atoms with Gasteiger partial charge >= 0.3 is 0 Å². The SMILES string of the molecule is CC.O=C[C@@H]1COc2c(F)ccc(F)c2C1. The van der Waals surface area contributed by atoms with Crippen molar-refractivity contribution in [3.8, 4) is 5.75 Å². The van der Waals surface area contributed by atoms with Gasteiger partial charge < -0.3 is 9.53 Å². The summed E-state index contributed by atoms with van der Waals surface area (Å²) in [5.41, 5.74) is 0.161. The van der Waals surface area contributed by atoms with Crippen LogP contribution in [-0.4, -0.2) is 12.9 Å². The number of hydrogen-bond donors (Lipinski definition) is 0. The van der Waals surface area contributed by atoms with Crippen molar-refractivity contribution < 1.29 is 18.3 Å². The lowest BCUT2D eigenvalue weighted by atomic mass is 9.97. The van der Waals surface area contributed by atoms with E-state index in [-0.39, 0.29) is 30.3 Å². The fourth-order valence-corrected chi connectivity index (χ4v) is 1.52. The van der Waals surface area contributed by atoms with Crippen LogP contribution in [0.3, 0.4) is 0 Å². The summed E-state index contributed by atoms with van der Waals surface area (Å²) in [6, 6.07) is 2.07. The zero-order valence-corrected chi connectivity index (χ0v) is 9.30. The van der Waals surface area contributed by atoms with Gasteiger partial charge in [-0.25, -0.2) is 8.78 Å². The summed E-state index contributed by atoms with van der Waals surface area (Å²) in [7, 11) is 0. The predicted molar refractivity (Wildman–Crippen MR) is 56.5 cm³/mol. The summed E-state index contributed by atoms with van der Waals surface area (Å²) in [5, 5.41) is 0. The number of ether oxygens (including phenoxy) is 1. The molecule has 88 valence electrons. The zero-order valence-electron chi connectivity index (χ0n) is 9.30. The molecule has 1 atom stereocenters. The Morgan fingerprint density at radius 2 is 1.94 bits per heavy atom. The van der Waals surface area contributed by atoms with Crippen LogP contribution in [-0.2, 0) is 11.2 Å². The maximum atomic E-state index is 13.2. The molecule has 0 bridgehead atoms. The molecule has 1 aromatic carbocycles. The van der Waals surface area contributed by atoms with Crippen molar-refractivity contribution in [2.45, 2.75) is 20.3 Å². The lowest BCUT2D eigenvalue weighted by molar-refractivity contribution is -0.112. The Morgan fingerprint density at radius 1 is 1.31 bits per heavy atom. The van der Waals surface area contributed by atoms with Crippen LogP contribution in [0.4, 0.5) is 8.78 Å². The van der Waals surface area contributed by atoms with Crippen LogP contribution in [0.15, 0.2) is 12.1 Å². The number of halogens is 2. The van der Waals surface area contributed by atoms with E-state index >= 15 is 0 Å². The molecule has 1 aliphatic heterocycles. The minimum absolute atomic E-state index is 0.0527. The first-order valence-electron chi connectivity index (χ1n) is 5.27. The molecule has 2 rings (SSSR count). The third-order valence-corrected chi connectivity index (χ3v) is 2.26. The van der Waals surface area contributed by atoms with Crippen molar-refractivity contribution in [3.05, 3.63) is 29.3 Å². The van der Waals surface area contributed by atoms with Gasteiger partial charge in [-0.15, -0.1) is 0 Å². The minimum Gasteiger partial charge on any atom is -0.489 e. The molecule has 16 heavy (non-hydrogen) atoms. The molecule has 0 N–H and O–H groups in total.